The molecular formula is C6H12Br2Mg. The molecule has 0 unspecified atom stereocenters. The standard InChI is InChI=1S/C6H12.2BrH.Mg/c1-2-4-6-5-3-1;;;/h1-6H2;2*1H;/q;;;+2/p-2. The van der Waals surface area contributed by atoms with Gasteiger partial charge in [-0.1, -0.05) is 38.5 Å². The van der Waals surface area contributed by atoms with Gasteiger partial charge in [-0.3, -0.25) is 0 Å². The van der Waals surface area contributed by atoms with Crippen LogP contribution in [0, 0.1) is 0 Å². The van der Waals surface area contributed by atoms with Crippen molar-refractivity contribution in [2.45, 2.75) is 38.5 Å². The van der Waals surface area contributed by atoms with Gasteiger partial charge in [0.15, 0.2) is 0 Å². The molecule has 0 N–H and O–H groups in total. The van der Waals surface area contributed by atoms with E-state index in [1.165, 1.54) is 38.5 Å². The van der Waals surface area contributed by atoms with Crippen molar-refractivity contribution in [2.24, 2.45) is 0 Å². The molecule has 0 bridgehead atoms. The summed E-state index contributed by atoms with van der Waals surface area (Å²) < 4.78 is 0. The largest absolute Gasteiger partial charge is 2.00 e. The maximum absolute atomic E-state index is 1.50. The van der Waals surface area contributed by atoms with Crippen LogP contribution in [0.25, 0.3) is 0 Å². The minimum Gasteiger partial charge on any atom is -1.00 e. The molecule has 0 saturated heterocycles. The fraction of sp³-hybridized carbons (Fsp3) is 1.00. The monoisotopic (exact) mass is 266 g/mol. The Morgan fingerprint density at radius 1 is 0.444 bits per heavy atom. The number of hydrogen-bond acceptors (Lipinski definition) is 0. The number of rotatable bonds is 0. The van der Waals surface area contributed by atoms with Crippen molar-refractivity contribution in [3.05, 3.63) is 0 Å². The zero-order valence-corrected chi connectivity index (χ0v) is 10.3. The van der Waals surface area contributed by atoms with Crippen LogP contribution in [-0.4, -0.2) is 23.1 Å². The first-order chi connectivity index (χ1) is 3.00. The van der Waals surface area contributed by atoms with Gasteiger partial charge in [-0.25, -0.2) is 0 Å². The van der Waals surface area contributed by atoms with E-state index in [4.69, 9.17) is 0 Å². The van der Waals surface area contributed by atoms with E-state index in [0.717, 1.165) is 0 Å². The first-order valence-corrected chi connectivity index (χ1v) is 3.00. The van der Waals surface area contributed by atoms with E-state index in [2.05, 4.69) is 0 Å². The summed E-state index contributed by atoms with van der Waals surface area (Å²) in [6, 6.07) is 0. The van der Waals surface area contributed by atoms with Gasteiger partial charge in [-0.2, -0.15) is 0 Å². The van der Waals surface area contributed by atoms with Crippen molar-refractivity contribution in [3.63, 3.8) is 0 Å². The molecule has 0 radical (unpaired) electrons. The molecule has 0 aromatic rings. The molecule has 0 aromatic carbocycles. The molecule has 0 spiro atoms. The van der Waals surface area contributed by atoms with Crippen LogP contribution in [0.4, 0.5) is 0 Å². The zero-order chi connectivity index (χ0) is 4.24. The molecule has 0 amide bonds. The topological polar surface area (TPSA) is 0 Å². The fourth-order valence-electron chi connectivity index (χ4n) is 1.06. The van der Waals surface area contributed by atoms with Crippen molar-refractivity contribution in [1.82, 2.24) is 0 Å². The van der Waals surface area contributed by atoms with Crippen molar-refractivity contribution < 1.29 is 34.0 Å². The van der Waals surface area contributed by atoms with Crippen LogP contribution in [0.2, 0.25) is 0 Å². The normalized spacial score (nSPS) is 16.0. The van der Waals surface area contributed by atoms with Crippen LogP contribution in [0.5, 0.6) is 0 Å². The van der Waals surface area contributed by atoms with Gasteiger partial charge in [-0.05, 0) is 0 Å². The summed E-state index contributed by atoms with van der Waals surface area (Å²) >= 11 is 0. The second-order valence-electron chi connectivity index (χ2n) is 2.12. The molecule has 0 nitrogen and oxygen atoms in total. The molecule has 1 saturated carbocycles. The van der Waals surface area contributed by atoms with Gasteiger partial charge >= 0.3 is 23.1 Å². The van der Waals surface area contributed by atoms with Crippen LogP contribution in [0.1, 0.15) is 38.5 Å². The molecule has 0 aromatic heterocycles. The summed E-state index contributed by atoms with van der Waals surface area (Å²) in [5.41, 5.74) is 0. The average Bonchev–Trinajstić information content (AvgIpc) is 1.72. The number of halogens is 2. The van der Waals surface area contributed by atoms with Gasteiger partial charge < -0.3 is 34.0 Å². The Labute approximate surface area is 94.9 Å². The van der Waals surface area contributed by atoms with Crippen LogP contribution >= 0.6 is 0 Å². The Morgan fingerprint density at radius 3 is 0.667 bits per heavy atom. The SMILES string of the molecule is C1CCCCC1.[Br-].[Br-].[Mg+2]. The second-order valence-corrected chi connectivity index (χ2v) is 2.12. The summed E-state index contributed by atoms with van der Waals surface area (Å²) in [7, 11) is 0. The van der Waals surface area contributed by atoms with E-state index in [9.17, 15) is 0 Å². The quantitative estimate of drug-likeness (QED) is 0.393. The maximum atomic E-state index is 1.50. The molecule has 0 aliphatic heterocycles. The average molecular weight is 268 g/mol. The summed E-state index contributed by atoms with van der Waals surface area (Å²) in [6.45, 7) is 0. The second kappa shape index (κ2) is 12.4. The van der Waals surface area contributed by atoms with Crippen LogP contribution in [0.15, 0.2) is 0 Å². The van der Waals surface area contributed by atoms with E-state index in [-0.39, 0.29) is 57.0 Å². The third kappa shape index (κ3) is 9.73. The Hall–Kier alpha value is 1.73. The summed E-state index contributed by atoms with van der Waals surface area (Å²) in [5.74, 6) is 0. The van der Waals surface area contributed by atoms with E-state index in [1.807, 2.05) is 0 Å². The van der Waals surface area contributed by atoms with Gasteiger partial charge in [0.05, 0.1) is 0 Å². The Morgan fingerprint density at radius 2 is 0.556 bits per heavy atom. The predicted molar refractivity (Wildman–Crippen MR) is 33.5 cm³/mol. The van der Waals surface area contributed by atoms with Gasteiger partial charge in [-0.15, -0.1) is 0 Å². The molecule has 0 heterocycles. The van der Waals surface area contributed by atoms with E-state index in [0.29, 0.717) is 0 Å². The van der Waals surface area contributed by atoms with Crippen molar-refractivity contribution in [1.29, 1.82) is 0 Å². The fourth-order valence-corrected chi connectivity index (χ4v) is 1.06. The predicted octanol–water partition coefficient (Wildman–Crippen LogP) is -4.03. The van der Waals surface area contributed by atoms with Crippen LogP contribution < -0.4 is 34.0 Å². The minimum atomic E-state index is 0. The van der Waals surface area contributed by atoms with Gasteiger partial charge in [0.1, 0.15) is 0 Å². The summed E-state index contributed by atoms with van der Waals surface area (Å²) in [5, 5.41) is 0. The van der Waals surface area contributed by atoms with Crippen LogP contribution in [0.3, 0.4) is 0 Å². The molecule has 1 aliphatic rings. The molecule has 1 fully saturated rings. The van der Waals surface area contributed by atoms with Crippen molar-refractivity contribution in [3.8, 4) is 0 Å². The van der Waals surface area contributed by atoms with E-state index < -0.39 is 0 Å². The number of hydrogen-bond donors (Lipinski definition) is 0. The van der Waals surface area contributed by atoms with Crippen LogP contribution in [-0.2, 0) is 0 Å². The van der Waals surface area contributed by atoms with Crippen molar-refractivity contribution >= 4 is 23.1 Å². The first kappa shape index (κ1) is 17.0. The smallest absolute Gasteiger partial charge is 1.00 e. The zero-order valence-electron chi connectivity index (χ0n) is 5.71. The molecule has 1 rings (SSSR count). The maximum Gasteiger partial charge on any atom is 2.00 e. The minimum absolute atomic E-state index is 0. The third-order valence-corrected chi connectivity index (χ3v) is 1.50. The summed E-state index contributed by atoms with van der Waals surface area (Å²) in [6.07, 6.45) is 9.00. The molecule has 1 aliphatic carbocycles. The molecular weight excluding hydrogens is 256 g/mol. The Kier molecular flexibility index (Phi) is 23.4. The van der Waals surface area contributed by atoms with E-state index in [1.54, 1.807) is 0 Å². The molecule has 9 heavy (non-hydrogen) atoms. The van der Waals surface area contributed by atoms with Gasteiger partial charge in [0.25, 0.3) is 0 Å². The molecule has 3 heteroatoms. The Bertz CT molecular complexity index is 26.5. The Balaban J connectivity index is -0.000000120. The molecule has 0 atom stereocenters. The molecule has 52 valence electrons. The van der Waals surface area contributed by atoms with E-state index >= 15 is 0 Å². The van der Waals surface area contributed by atoms with Gasteiger partial charge in [0.2, 0.25) is 0 Å². The van der Waals surface area contributed by atoms with Crippen molar-refractivity contribution in [2.75, 3.05) is 0 Å². The summed E-state index contributed by atoms with van der Waals surface area (Å²) in [4.78, 5) is 0. The third-order valence-electron chi connectivity index (χ3n) is 1.50. The van der Waals surface area contributed by atoms with Gasteiger partial charge in [0, 0.05) is 0 Å². The first-order valence-electron chi connectivity index (χ1n) is 3.00.